The number of benzene rings is 2. The molecule has 2 aromatic rings. The minimum absolute atomic E-state index is 0.242. The molecule has 1 aliphatic carbocycles. The highest BCUT2D eigenvalue weighted by molar-refractivity contribution is 5.32. The maximum atomic E-state index is 14.2. The van der Waals surface area contributed by atoms with Gasteiger partial charge < -0.3 is 4.74 Å². The number of rotatable bonds is 4. The van der Waals surface area contributed by atoms with E-state index in [9.17, 15) is 4.39 Å². The predicted octanol–water partition coefficient (Wildman–Crippen LogP) is 5.45. The van der Waals surface area contributed by atoms with Gasteiger partial charge in [0.25, 0.3) is 0 Å². The van der Waals surface area contributed by atoms with Crippen LogP contribution in [-0.2, 0) is 6.61 Å². The molecule has 0 atom stereocenters. The summed E-state index contributed by atoms with van der Waals surface area (Å²) in [5.41, 5.74) is 2.17. The Morgan fingerprint density at radius 3 is 2.43 bits per heavy atom. The zero-order chi connectivity index (χ0) is 14.5. The highest BCUT2D eigenvalue weighted by Crippen LogP contribution is 2.34. The van der Waals surface area contributed by atoms with E-state index in [1.807, 2.05) is 36.4 Å². The summed E-state index contributed by atoms with van der Waals surface area (Å²) in [5.74, 6) is 0.629. The molecule has 0 unspecified atom stereocenters. The Hall–Kier alpha value is -1.83. The van der Waals surface area contributed by atoms with Crippen LogP contribution in [0, 0.1) is 5.82 Å². The molecule has 0 aliphatic heterocycles. The van der Waals surface area contributed by atoms with Gasteiger partial charge in [-0.3, -0.25) is 0 Å². The molecule has 1 nitrogen and oxygen atoms in total. The lowest BCUT2D eigenvalue weighted by molar-refractivity contribution is 0.290. The molecule has 1 saturated carbocycles. The van der Waals surface area contributed by atoms with Crippen molar-refractivity contribution in [2.45, 2.75) is 44.6 Å². The van der Waals surface area contributed by atoms with Crippen molar-refractivity contribution in [2.75, 3.05) is 0 Å². The summed E-state index contributed by atoms with van der Waals surface area (Å²) < 4.78 is 19.8. The van der Waals surface area contributed by atoms with Crippen LogP contribution in [0.4, 0.5) is 4.39 Å². The average molecular weight is 284 g/mol. The Kier molecular flexibility index (Phi) is 4.54. The van der Waals surface area contributed by atoms with Gasteiger partial charge >= 0.3 is 0 Å². The second-order valence-corrected chi connectivity index (χ2v) is 5.80. The van der Waals surface area contributed by atoms with E-state index in [4.69, 9.17) is 4.74 Å². The number of ether oxygens (including phenoxy) is 1. The third-order valence-corrected chi connectivity index (χ3v) is 4.27. The van der Waals surface area contributed by atoms with Gasteiger partial charge in [0, 0.05) is 0 Å². The van der Waals surface area contributed by atoms with Crippen LogP contribution in [0.3, 0.4) is 0 Å². The molecule has 0 N–H and O–H groups in total. The second-order valence-electron chi connectivity index (χ2n) is 5.80. The Labute approximate surface area is 125 Å². The monoisotopic (exact) mass is 284 g/mol. The first-order valence-electron chi connectivity index (χ1n) is 7.79. The van der Waals surface area contributed by atoms with Crippen LogP contribution in [0.25, 0.3) is 0 Å². The summed E-state index contributed by atoms with van der Waals surface area (Å²) in [4.78, 5) is 0. The van der Waals surface area contributed by atoms with Crippen LogP contribution in [0.5, 0.6) is 5.75 Å². The molecule has 1 aliphatic rings. The second kappa shape index (κ2) is 6.75. The van der Waals surface area contributed by atoms with Crippen LogP contribution >= 0.6 is 0 Å². The van der Waals surface area contributed by atoms with Crippen molar-refractivity contribution in [1.29, 1.82) is 0 Å². The molecule has 0 bridgehead atoms. The van der Waals surface area contributed by atoms with Crippen LogP contribution in [-0.4, -0.2) is 0 Å². The molecular formula is C19H21FO. The first kappa shape index (κ1) is 14.1. The van der Waals surface area contributed by atoms with Gasteiger partial charge in [-0.2, -0.15) is 0 Å². The van der Waals surface area contributed by atoms with Crippen LogP contribution in [0.2, 0.25) is 0 Å². The molecule has 0 spiro atoms. The predicted molar refractivity (Wildman–Crippen MR) is 83.0 cm³/mol. The van der Waals surface area contributed by atoms with Gasteiger partial charge in [-0.25, -0.2) is 4.39 Å². The van der Waals surface area contributed by atoms with Crippen molar-refractivity contribution in [3.63, 3.8) is 0 Å². The van der Waals surface area contributed by atoms with Crippen molar-refractivity contribution in [2.24, 2.45) is 0 Å². The molecule has 1 fully saturated rings. The topological polar surface area (TPSA) is 9.23 Å². The Morgan fingerprint density at radius 2 is 1.71 bits per heavy atom. The van der Waals surface area contributed by atoms with E-state index in [0.717, 1.165) is 11.1 Å². The third-order valence-electron chi connectivity index (χ3n) is 4.27. The van der Waals surface area contributed by atoms with E-state index in [1.165, 1.54) is 32.1 Å². The van der Waals surface area contributed by atoms with Gasteiger partial charge in [0.1, 0.15) is 6.61 Å². The highest BCUT2D eigenvalue weighted by Gasteiger charge is 2.17. The van der Waals surface area contributed by atoms with Gasteiger partial charge in [0.2, 0.25) is 0 Å². The SMILES string of the molecule is Fc1cc(C2CCCCC2)ccc1OCc1ccccc1. The van der Waals surface area contributed by atoms with Gasteiger partial charge in [-0.05, 0) is 42.0 Å². The number of halogens is 1. The smallest absolute Gasteiger partial charge is 0.165 e. The Morgan fingerprint density at radius 1 is 0.952 bits per heavy atom. The van der Waals surface area contributed by atoms with Gasteiger partial charge in [0.15, 0.2) is 11.6 Å². The Balaban J connectivity index is 1.66. The first-order chi connectivity index (χ1) is 10.3. The summed E-state index contributed by atoms with van der Waals surface area (Å²) in [6.07, 6.45) is 6.21. The summed E-state index contributed by atoms with van der Waals surface area (Å²) in [6, 6.07) is 15.3. The van der Waals surface area contributed by atoms with Crippen molar-refractivity contribution >= 4 is 0 Å². The first-order valence-corrected chi connectivity index (χ1v) is 7.79. The maximum Gasteiger partial charge on any atom is 0.165 e. The lowest BCUT2D eigenvalue weighted by Crippen LogP contribution is -2.05. The van der Waals surface area contributed by atoms with Gasteiger partial charge in [0.05, 0.1) is 0 Å². The molecule has 110 valence electrons. The lowest BCUT2D eigenvalue weighted by atomic mass is 9.84. The quantitative estimate of drug-likeness (QED) is 0.725. The number of hydrogen-bond acceptors (Lipinski definition) is 1. The van der Waals surface area contributed by atoms with Crippen LogP contribution in [0.15, 0.2) is 48.5 Å². The molecule has 0 amide bonds. The van der Waals surface area contributed by atoms with Gasteiger partial charge in [-0.1, -0.05) is 55.7 Å². The standard InChI is InChI=1S/C19H21FO/c20-18-13-17(16-9-5-2-6-10-16)11-12-19(18)21-14-15-7-3-1-4-8-15/h1,3-4,7-8,11-13,16H,2,5-6,9-10,14H2. The van der Waals surface area contributed by atoms with E-state index in [-0.39, 0.29) is 5.82 Å². The van der Waals surface area contributed by atoms with Gasteiger partial charge in [-0.15, -0.1) is 0 Å². The molecule has 3 rings (SSSR count). The zero-order valence-corrected chi connectivity index (χ0v) is 12.2. The third kappa shape index (κ3) is 3.63. The summed E-state index contributed by atoms with van der Waals surface area (Å²) in [6.45, 7) is 0.403. The van der Waals surface area contributed by atoms with E-state index < -0.39 is 0 Å². The molecule has 2 aromatic carbocycles. The largest absolute Gasteiger partial charge is 0.486 e. The summed E-state index contributed by atoms with van der Waals surface area (Å²) >= 11 is 0. The van der Waals surface area contributed by atoms with E-state index in [0.29, 0.717) is 18.3 Å². The molecule has 0 aromatic heterocycles. The van der Waals surface area contributed by atoms with Crippen molar-refractivity contribution in [3.05, 3.63) is 65.5 Å². The van der Waals surface area contributed by atoms with Crippen molar-refractivity contribution in [3.8, 4) is 5.75 Å². The van der Waals surface area contributed by atoms with E-state index >= 15 is 0 Å². The lowest BCUT2D eigenvalue weighted by Gasteiger charge is -2.22. The van der Waals surface area contributed by atoms with E-state index in [2.05, 4.69) is 0 Å². The molecule has 2 heteroatoms. The maximum absolute atomic E-state index is 14.2. The summed E-state index contributed by atoms with van der Waals surface area (Å²) in [5, 5.41) is 0. The Bertz CT molecular complexity index is 573. The summed E-state index contributed by atoms with van der Waals surface area (Å²) in [7, 11) is 0. The molecule has 21 heavy (non-hydrogen) atoms. The van der Waals surface area contributed by atoms with Crippen molar-refractivity contribution < 1.29 is 9.13 Å². The number of hydrogen-bond donors (Lipinski definition) is 0. The zero-order valence-electron chi connectivity index (χ0n) is 12.2. The normalized spacial score (nSPS) is 15.9. The fourth-order valence-electron chi connectivity index (χ4n) is 3.06. The van der Waals surface area contributed by atoms with Crippen LogP contribution < -0.4 is 4.74 Å². The van der Waals surface area contributed by atoms with E-state index in [1.54, 1.807) is 12.1 Å². The molecule has 0 saturated heterocycles. The highest BCUT2D eigenvalue weighted by atomic mass is 19.1. The minimum Gasteiger partial charge on any atom is -0.486 e. The average Bonchev–Trinajstić information content (AvgIpc) is 2.55. The fourth-order valence-corrected chi connectivity index (χ4v) is 3.06. The minimum atomic E-state index is -0.242. The molecule has 0 radical (unpaired) electrons. The fraction of sp³-hybridized carbons (Fsp3) is 0.368. The molecule has 0 heterocycles. The van der Waals surface area contributed by atoms with Crippen LogP contribution in [0.1, 0.15) is 49.1 Å². The molecular weight excluding hydrogens is 263 g/mol. The van der Waals surface area contributed by atoms with Crippen molar-refractivity contribution in [1.82, 2.24) is 0 Å².